The summed E-state index contributed by atoms with van der Waals surface area (Å²) in [5, 5.41) is 3.15. The minimum atomic E-state index is -0.308. The first-order chi connectivity index (χ1) is 8.21. The largest absolute Gasteiger partial charge is 0.467 e. The van der Waals surface area contributed by atoms with Gasteiger partial charge in [0.1, 0.15) is 6.04 Å². The normalized spacial score (nSPS) is 11.9. The number of carbonyl (C=O) groups excluding carboxylic acids is 1. The molecule has 4 heteroatoms. The van der Waals surface area contributed by atoms with E-state index < -0.39 is 0 Å². The lowest BCUT2D eigenvalue weighted by atomic mass is 10.1. The summed E-state index contributed by atoms with van der Waals surface area (Å²) < 4.78 is 9.79. The van der Waals surface area contributed by atoms with Crippen molar-refractivity contribution in [3.63, 3.8) is 0 Å². The summed E-state index contributed by atoms with van der Waals surface area (Å²) in [5.41, 5.74) is 1.97. The Morgan fingerprint density at radius 3 is 2.76 bits per heavy atom. The van der Waals surface area contributed by atoms with Gasteiger partial charge in [-0.2, -0.15) is 0 Å². The second kappa shape index (κ2) is 6.91. The number of carbonyl (C=O) groups is 1. The van der Waals surface area contributed by atoms with E-state index in [-0.39, 0.29) is 12.0 Å². The minimum absolute atomic E-state index is 0.246. The van der Waals surface area contributed by atoms with Crippen LogP contribution in [0.3, 0.4) is 0 Å². The molecule has 17 heavy (non-hydrogen) atoms. The first-order valence-corrected chi connectivity index (χ1v) is 5.63. The van der Waals surface area contributed by atoms with Crippen molar-refractivity contribution in [1.29, 1.82) is 0 Å². The lowest BCUT2D eigenvalue weighted by Gasteiger charge is -2.16. The second-order valence-electron chi connectivity index (χ2n) is 3.76. The highest BCUT2D eigenvalue weighted by molar-refractivity contribution is 5.79. The fraction of sp³-hybridized carbons (Fsp3) is 0.462. The van der Waals surface area contributed by atoms with E-state index in [0.29, 0.717) is 13.0 Å². The van der Waals surface area contributed by atoms with Gasteiger partial charge >= 0.3 is 5.97 Å². The first-order valence-electron chi connectivity index (χ1n) is 5.63. The van der Waals surface area contributed by atoms with E-state index in [1.54, 1.807) is 7.11 Å². The second-order valence-corrected chi connectivity index (χ2v) is 3.76. The maximum absolute atomic E-state index is 11.4. The molecule has 1 rings (SSSR count). The zero-order chi connectivity index (χ0) is 12.7. The van der Waals surface area contributed by atoms with Gasteiger partial charge in [0.25, 0.3) is 0 Å². The van der Waals surface area contributed by atoms with E-state index in [1.165, 1.54) is 7.11 Å². The van der Waals surface area contributed by atoms with Crippen molar-refractivity contribution >= 4 is 11.7 Å². The molecule has 0 aliphatic heterocycles. The van der Waals surface area contributed by atoms with Crippen LogP contribution in [0.5, 0.6) is 0 Å². The molecule has 1 N–H and O–H groups in total. The molecule has 0 fully saturated rings. The SMILES string of the molecule is CCC(Nc1cccc(COC)c1)C(=O)OC. The molecule has 1 aromatic rings. The summed E-state index contributed by atoms with van der Waals surface area (Å²) in [6, 6.07) is 7.49. The number of anilines is 1. The number of hydrogen-bond acceptors (Lipinski definition) is 4. The highest BCUT2D eigenvalue weighted by Crippen LogP contribution is 2.14. The quantitative estimate of drug-likeness (QED) is 0.770. The van der Waals surface area contributed by atoms with Crippen LogP contribution in [-0.4, -0.2) is 26.2 Å². The highest BCUT2D eigenvalue weighted by Gasteiger charge is 2.16. The number of rotatable bonds is 6. The average Bonchev–Trinajstić information content (AvgIpc) is 2.36. The van der Waals surface area contributed by atoms with Gasteiger partial charge in [-0.1, -0.05) is 19.1 Å². The summed E-state index contributed by atoms with van der Waals surface area (Å²) >= 11 is 0. The molecule has 0 aliphatic rings. The third kappa shape index (κ3) is 4.07. The van der Waals surface area contributed by atoms with Crippen LogP contribution in [-0.2, 0) is 20.9 Å². The standard InChI is InChI=1S/C13H19NO3/c1-4-12(13(15)17-3)14-11-7-5-6-10(8-11)9-16-2/h5-8,12,14H,4,9H2,1-3H3. The molecule has 4 nitrogen and oxygen atoms in total. The van der Waals surface area contributed by atoms with Gasteiger partial charge in [-0.15, -0.1) is 0 Å². The summed E-state index contributed by atoms with van der Waals surface area (Å²) in [5.74, 6) is -0.246. The number of methoxy groups -OCH3 is 2. The van der Waals surface area contributed by atoms with E-state index in [2.05, 4.69) is 5.32 Å². The lowest BCUT2D eigenvalue weighted by molar-refractivity contribution is -0.141. The maximum Gasteiger partial charge on any atom is 0.328 e. The topological polar surface area (TPSA) is 47.6 Å². The Hall–Kier alpha value is -1.55. The molecule has 0 saturated heterocycles. The zero-order valence-corrected chi connectivity index (χ0v) is 10.5. The maximum atomic E-state index is 11.4. The van der Waals surface area contributed by atoms with Crippen molar-refractivity contribution in [2.45, 2.75) is 26.0 Å². The van der Waals surface area contributed by atoms with Gasteiger partial charge < -0.3 is 14.8 Å². The van der Waals surface area contributed by atoms with Crippen molar-refractivity contribution < 1.29 is 14.3 Å². The molecular formula is C13H19NO3. The highest BCUT2D eigenvalue weighted by atomic mass is 16.5. The molecular weight excluding hydrogens is 218 g/mol. The molecule has 0 aromatic heterocycles. The van der Waals surface area contributed by atoms with E-state index in [1.807, 2.05) is 31.2 Å². The molecule has 0 spiro atoms. The summed E-state index contributed by atoms with van der Waals surface area (Å²) in [7, 11) is 3.05. The smallest absolute Gasteiger partial charge is 0.328 e. The van der Waals surface area contributed by atoms with Crippen LogP contribution in [0.4, 0.5) is 5.69 Å². The molecule has 0 bridgehead atoms. The minimum Gasteiger partial charge on any atom is -0.467 e. The third-order valence-corrected chi connectivity index (χ3v) is 2.47. The van der Waals surface area contributed by atoms with Crippen molar-refractivity contribution in [1.82, 2.24) is 0 Å². The van der Waals surface area contributed by atoms with Crippen LogP contribution in [0.2, 0.25) is 0 Å². The number of esters is 1. The van der Waals surface area contributed by atoms with Crippen LogP contribution in [0, 0.1) is 0 Å². The van der Waals surface area contributed by atoms with E-state index >= 15 is 0 Å². The molecule has 0 saturated carbocycles. The number of benzene rings is 1. The van der Waals surface area contributed by atoms with Gasteiger partial charge in [-0.05, 0) is 24.1 Å². The predicted molar refractivity (Wildman–Crippen MR) is 66.9 cm³/mol. The number of nitrogens with one attached hydrogen (secondary N) is 1. The molecule has 0 amide bonds. The molecule has 1 unspecified atom stereocenters. The van der Waals surface area contributed by atoms with Gasteiger partial charge in [-0.25, -0.2) is 4.79 Å². The van der Waals surface area contributed by atoms with Gasteiger partial charge in [0, 0.05) is 12.8 Å². The molecule has 1 atom stereocenters. The predicted octanol–water partition coefficient (Wildman–Crippen LogP) is 2.20. The Bertz CT molecular complexity index is 365. The molecule has 0 aliphatic carbocycles. The van der Waals surface area contributed by atoms with Gasteiger partial charge in [0.2, 0.25) is 0 Å². The fourth-order valence-corrected chi connectivity index (χ4v) is 1.59. The van der Waals surface area contributed by atoms with Crippen LogP contribution in [0.15, 0.2) is 24.3 Å². The van der Waals surface area contributed by atoms with Gasteiger partial charge in [-0.3, -0.25) is 0 Å². The summed E-state index contributed by atoms with van der Waals surface area (Å²) in [6.45, 7) is 2.50. The van der Waals surface area contributed by atoms with Gasteiger partial charge in [0.15, 0.2) is 0 Å². The number of hydrogen-bond donors (Lipinski definition) is 1. The van der Waals surface area contributed by atoms with Crippen LogP contribution in [0.1, 0.15) is 18.9 Å². The third-order valence-electron chi connectivity index (χ3n) is 2.47. The molecule has 94 valence electrons. The Morgan fingerprint density at radius 1 is 1.41 bits per heavy atom. The first kappa shape index (κ1) is 13.5. The average molecular weight is 237 g/mol. The van der Waals surface area contributed by atoms with Crippen molar-refractivity contribution in [3.8, 4) is 0 Å². The molecule has 0 radical (unpaired) electrons. The lowest BCUT2D eigenvalue weighted by Crippen LogP contribution is -2.29. The Labute approximate surface area is 102 Å². The Kier molecular flexibility index (Phi) is 5.49. The van der Waals surface area contributed by atoms with Crippen LogP contribution in [0.25, 0.3) is 0 Å². The molecule has 0 heterocycles. The van der Waals surface area contributed by atoms with Crippen molar-refractivity contribution in [3.05, 3.63) is 29.8 Å². The summed E-state index contributed by atoms with van der Waals surface area (Å²) in [4.78, 5) is 11.4. The monoisotopic (exact) mass is 237 g/mol. The fourth-order valence-electron chi connectivity index (χ4n) is 1.59. The van der Waals surface area contributed by atoms with E-state index in [0.717, 1.165) is 11.3 Å². The van der Waals surface area contributed by atoms with E-state index in [9.17, 15) is 4.79 Å². The Morgan fingerprint density at radius 2 is 2.18 bits per heavy atom. The zero-order valence-electron chi connectivity index (χ0n) is 10.5. The van der Waals surface area contributed by atoms with Gasteiger partial charge in [0.05, 0.1) is 13.7 Å². The van der Waals surface area contributed by atoms with Crippen LogP contribution >= 0.6 is 0 Å². The molecule has 1 aromatic carbocycles. The van der Waals surface area contributed by atoms with Crippen LogP contribution < -0.4 is 5.32 Å². The number of ether oxygens (including phenoxy) is 2. The van der Waals surface area contributed by atoms with Crippen molar-refractivity contribution in [2.75, 3.05) is 19.5 Å². The van der Waals surface area contributed by atoms with E-state index in [4.69, 9.17) is 9.47 Å². The van der Waals surface area contributed by atoms with Crippen molar-refractivity contribution in [2.24, 2.45) is 0 Å². The Balaban J connectivity index is 2.72. The summed E-state index contributed by atoms with van der Waals surface area (Å²) in [6.07, 6.45) is 0.682.